The lowest BCUT2D eigenvalue weighted by Crippen LogP contribution is -2.16. The van der Waals surface area contributed by atoms with Crippen molar-refractivity contribution in [2.45, 2.75) is 13.8 Å². The van der Waals surface area contributed by atoms with Crippen LogP contribution in [0.15, 0.2) is 30.9 Å². The zero-order valence-electron chi connectivity index (χ0n) is 9.64. The number of pyridine rings is 1. The molecule has 0 radical (unpaired) electrons. The fourth-order valence-corrected chi connectivity index (χ4v) is 1.39. The van der Waals surface area contributed by atoms with Gasteiger partial charge in [-0.2, -0.15) is 0 Å². The lowest BCUT2D eigenvalue weighted by Gasteiger charge is -2.07. The number of rotatable bonds is 2. The van der Waals surface area contributed by atoms with Gasteiger partial charge in [-0.25, -0.2) is 9.97 Å². The van der Waals surface area contributed by atoms with Gasteiger partial charge in [0.15, 0.2) is 0 Å². The molecule has 17 heavy (non-hydrogen) atoms. The third-order valence-electron chi connectivity index (χ3n) is 2.47. The molecule has 0 bridgehead atoms. The first kappa shape index (κ1) is 11.2. The van der Waals surface area contributed by atoms with E-state index in [2.05, 4.69) is 20.3 Å². The summed E-state index contributed by atoms with van der Waals surface area (Å²) in [6, 6.07) is 3.53. The molecule has 0 saturated carbocycles. The first-order chi connectivity index (χ1) is 8.18. The second-order valence-electron chi connectivity index (χ2n) is 3.63. The molecule has 0 aliphatic heterocycles. The third kappa shape index (κ3) is 2.44. The molecule has 2 rings (SSSR count). The van der Waals surface area contributed by atoms with Crippen LogP contribution in [0.5, 0.6) is 0 Å². The van der Waals surface area contributed by atoms with Crippen LogP contribution in [0.4, 0.5) is 5.69 Å². The molecule has 0 unspecified atom stereocenters. The van der Waals surface area contributed by atoms with Crippen LogP contribution in [0.25, 0.3) is 0 Å². The van der Waals surface area contributed by atoms with Crippen LogP contribution >= 0.6 is 0 Å². The molecular formula is C12H12N4O. The number of aryl methyl sites for hydroxylation is 1. The third-order valence-corrected chi connectivity index (χ3v) is 2.47. The summed E-state index contributed by atoms with van der Waals surface area (Å²) in [5.74, 6) is -0.249. The second kappa shape index (κ2) is 4.69. The van der Waals surface area contributed by atoms with Gasteiger partial charge in [-0.3, -0.25) is 9.78 Å². The number of anilines is 1. The van der Waals surface area contributed by atoms with Gasteiger partial charge in [0.05, 0.1) is 11.9 Å². The highest BCUT2D eigenvalue weighted by molar-refractivity contribution is 6.03. The summed E-state index contributed by atoms with van der Waals surface area (Å²) >= 11 is 0. The minimum atomic E-state index is -0.249. The predicted octanol–water partition coefficient (Wildman–Crippen LogP) is 1.74. The minimum Gasteiger partial charge on any atom is -0.319 e. The molecule has 0 saturated heterocycles. The molecule has 2 aromatic heterocycles. The Morgan fingerprint density at radius 3 is 2.82 bits per heavy atom. The summed E-state index contributed by atoms with van der Waals surface area (Å²) in [6.07, 6.45) is 4.62. The van der Waals surface area contributed by atoms with E-state index in [9.17, 15) is 4.79 Å². The number of carbonyl (C=O) groups excluding carboxylic acids is 1. The maximum absolute atomic E-state index is 12.0. The van der Waals surface area contributed by atoms with Gasteiger partial charge >= 0.3 is 0 Å². The molecule has 0 aliphatic carbocycles. The van der Waals surface area contributed by atoms with Gasteiger partial charge in [-0.05, 0) is 26.0 Å². The van der Waals surface area contributed by atoms with E-state index < -0.39 is 0 Å². The highest BCUT2D eigenvalue weighted by Gasteiger charge is 2.12. The van der Waals surface area contributed by atoms with Gasteiger partial charge in [0.2, 0.25) is 0 Å². The van der Waals surface area contributed by atoms with Gasteiger partial charge in [0.25, 0.3) is 5.91 Å². The molecule has 1 amide bonds. The maximum Gasteiger partial charge on any atom is 0.274 e. The summed E-state index contributed by atoms with van der Waals surface area (Å²) in [6.45, 7) is 3.67. The maximum atomic E-state index is 12.0. The van der Waals surface area contributed by atoms with Crippen molar-refractivity contribution in [1.82, 2.24) is 15.0 Å². The Bertz CT molecular complexity index is 539. The molecule has 2 heterocycles. The van der Waals surface area contributed by atoms with E-state index in [1.807, 2.05) is 13.8 Å². The van der Waals surface area contributed by atoms with Gasteiger partial charge in [-0.1, -0.05) is 0 Å². The number of hydrogen-bond acceptors (Lipinski definition) is 4. The Hall–Kier alpha value is -2.30. The smallest absolute Gasteiger partial charge is 0.274 e. The van der Waals surface area contributed by atoms with Gasteiger partial charge < -0.3 is 5.32 Å². The monoisotopic (exact) mass is 228 g/mol. The molecule has 0 fully saturated rings. The molecule has 5 heteroatoms. The van der Waals surface area contributed by atoms with Crippen LogP contribution in [0.1, 0.15) is 21.7 Å². The second-order valence-corrected chi connectivity index (χ2v) is 3.63. The summed E-state index contributed by atoms with van der Waals surface area (Å²) in [4.78, 5) is 23.9. The average Bonchev–Trinajstić information content (AvgIpc) is 2.34. The standard InChI is InChI=1S/C12H12N4O/c1-8-9(2)14-7-15-11(8)12(17)16-10-4-3-5-13-6-10/h3-7H,1-2H3,(H,16,17). The zero-order valence-corrected chi connectivity index (χ0v) is 9.64. The van der Waals surface area contributed by atoms with E-state index in [4.69, 9.17) is 0 Å². The fraction of sp³-hybridized carbons (Fsp3) is 0.167. The van der Waals surface area contributed by atoms with Crippen molar-refractivity contribution >= 4 is 11.6 Å². The number of nitrogens with zero attached hydrogens (tertiary/aromatic N) is 3. The Balaban J connectivity index is 2.24. The number of nitrogens with one attached hydrogen (secondary N) is 1. The Morgan fingerprint density at radius 1 is 1.29 bits per heavy atom. The first-order valence-corrected chi connectivity index (χ1v) is 5.18. The molecule has 0 aliphatic rings. The van der Waals surface area contributed by atoms with E-state index in [0.717, 1.165) is 11.3 Å². The van der Waals surface area contributed by atoms with E-state index in [1.54, 1.807) is 24.5 Å². The quantitative estimate of drug-likeness (QED) is 0.850. The van der Waals surface area contributed by atoms with E-state index in [1.165, 1.54) is 6.33 Å². The summed E-state index contributed by atoms with van der Waals surface area (Å²) in [5.41, 5.74) is 2.62. The van der Waals surface area contributed by atoms with E-state index >= 15 is 0 Å². The molecule has 86 valence electrons. The highest BCUT2D eigenvalue weighted by Crippen LogP contribution is 2.10. The number of hydrogen-bond donors (Lipinski definition) is 1. The SMILES string of the molecule is Cc1ncnc(C(=O)Nc2cccnc2)c1C. The summed E-state index contributed by atoms with van der Waals surface area (Å²) in [5, 5.41) is 2.73. The molecule has 0 atom stereocenters. The topological polar surface area (TPSA) is 67.8 Å². The van der Waals surface area contributed by atoms with Crippen molar-refractivity contribution in [3.05, 3.63) is 47.8 Å². The van der Waals surface area contributed by atoms with Crippen molar-refractivity contribution in [2.24, 2.45) is 0 Å². The molecule has 2 aromatic rings. The Labute approximate surface area is 99.0 Å². The number of carbonyl (C=O) groups is 1. The summed E-state index contributed by atoms with van der Waals surface area (Å²) in [7, 11) is 0. The zero-order chi connectivity index (χ0) is 12.3. The van der Waals surface area contributed by atoms with Crippen LogP contribution in [-0.2, 0) is 0 Å². The molecule has 0 aromatic carbocycles. The Kier molecular flexibility index (Phi) is 3.09. The van der Waals surface area contributed by atoms with E-state index in [-0.39, 0.29) is 5.91 Å². The summed E-state index contributed by atoms with van der Waals surface area (Å²) < 4.78 is 0. The van der Waals surface area contributed by atoms with Crippen LogP contribution < -0.4 is 5.32 Å². The fourth-order valence-electron chi connectivity index (χ4n) is 1.39. The number of aromatic nitrogens is 3. The lowest BCUT2D eigenvalue weighted by atomic mass is 10.2. The van der Waals surface area contributed by atoms with E-state index in [0.29, 0.717) is 11.4 Å². The molecule has 5 nitrogen and oxygen atoms in total. The van der Waals surface area contributed by atoms with Crippen molar-refractivity contribution < 1.29 is 4.79 Å². The van der Waals surface area contributed by atoms with Crippen LogP contribution in [-0.4, -0.2) is 20.9 Å². The van der Waals surface area contributed by atoms with Crippen molar-refractivity contribution in [3.63, 3.8) is 0 Å². The highest BCUT2D eigenvalue weighted by atomic mass is 16.1. The van der Waals surface area contributed by atoms with Gasteiger partial charge in [0, 0.05) is 17.5 Å². The van der Waals surface area contributed by atoms with Crippen LogP contribution in [0, 0.1) is 13.8 Å². The normalized spacial score (nSPS) is 10.0. The van der Waals surface area contributed by atoms with Crippen molar-refractivity contribution in [3.8, 4) is 0 Å². The minimum absolute atomic E-state index is 0.249. The van der Waals surface area contributed by atoms with Crippen molar-refractivity contribution in [1.29, 1.82) is 0 Å². The first-order valence-electron chi connectivity index (χ1n) is 5.18. The van der Waals surface area contributed by atoms with Crippen LogP contribution in [0.2, 0.25) is 0 Å². The average molecular weight is 228 g/mol. The van der Waals surface area contributed by atoms with Crippen molar-refractivity contribution in [2.75, 3.05) is 5.32 Å². The molecular weight excluding hydrogens is 216 g/mol. The Morgan fingerprint density at radius 2 is 2.12 bits per heavy atom. The van der Waals surface area contributed by atoms with Gasteiger partial charge in [0.1, 0.15) is 12.0 Å². The molecule has 1 N–H and O–H groups in total. The van der Waals surface area contributed by atoms with Gasteiger partial charge in [-0.15, -0.1) is 0 Å². The largest absolute Gasteiger partial charge is 0.319 e. The molecule has 0 spiro atoms. The van der Waals surface area contributed by atoms with Crippen LogP contribution in [0.3, 0.4) is 0 Å². The number of amides is 1. The lowest BCUT2D eigenvalue weighted by molar-refractivity contribution is 0.102. The predicted molar refractivity (Wildman–Crippen MR) is 63.7 cm³/mol.